The van der Waals surface area contributed by atoms with Crippen LogP contribution in [-0.4, -0.2) is 40.2 Å². The third-order valence-corrected chi connectivity index (χ3v) is 3.39. The Morgan fingerprint density at radius 1 is 1.40 bits per heavy atom. The van der Waals surface area contributed by atoms with Crippen molar-refractivity contribution in [1.29, 1.82) is 0 Å². The van der Waals surface area contributed by atoms with Crippen LogP contribution in [0, 0.1) is 0 Å². The molecule has 11 nitrogen and oxygen atoms in total. The van der Waals surface area contributed by atoms with E-state index in [0.29, 0.717) is 6.61 Å². The van der Waals surface area contributed by atoms with Crippen molar-refractivity contribution in [2.75, 3.05) is 11.3 Å². The summed E-state index contributed by atoms with van der Waals surface area (Å²) in [6.45, 7) is 2.02. The summed E-state index contributed by atoms with van der Waals surface area (Å²) in [4.78, 5) is 29.1. The molecule has 0 aliphatic heterocycles. The van der Waals surface area contributed by atoms with E-state index in [0.717, 1.165) is 6.20 Å². The number of aromatic nitrogens is 5. The Labute approximate surface area is 111 Å². The van der Waals surface area contributed by atoms with Gasteiger partial charge in [-0.15, -0.1) is 5.10 Å². The summed E-state index contributed by atoms with van der Waals surface area (Å²) in [5, 5.41) is 5.88. The Morgan fingerprint density at radius 3 is 2.80 bits per heavy atom. The maximum absolute atomic E-state index is 11.9. The fourth-order valence-corrected chi connectivity index (χ4v) is 2.23. The van der Waals surface area contributed by atoms with E-state index in [4.69, 9.17) is 4.74 Å². The second-order valence-corrected chi connectivity index (χ2v) is 5.09. The van der Waals surface area contributed by atoms with Crippen LogP contribution in [0.25, 0.3) is 0 Å². The van der Waals surface area contributed by atoms with E-state index in [1.807, 2.05) is 4.72 Å². The van der Waals surface area contributed by atoms with Gasteiger partial charge in [0, 0.05) is 6.20 Å². The van der Waals surface area contributed by atoms with Crippen molar-refractivity contribution in [3.05, 3.63) is 27.0 Å². The molecule has 0 spiro atoms. The Morgan fingerprint density at radius 2 is 2.15 bits per heavy atom. The SMILES string of the molecule is CCOc1n[nH]c(NS(=O)(=O)c2c[nH]c(=O)[nH]c2=O)n1. The van der Waals surface area contributed by atoms with Crippen LogP contribution >= 0.6 is 0 Å². The number of hydrogen-bond donors (Lipinski definition) is 4. The van der Waals surface area contributed by atoms with Crippen LogP contribution in [0.15, 0.2) is 20.7 Å². The minimum atomic E-state index is -4.22. The van der Waals surface area contributed by atoms with Crippen molar-refractivity contribution >= 4 is 16.0 Å². The highest BCUT2D eigenvalue weighted by atomic mass is 32.2. The lowest BCUT2D eigenvalue weighted by Crippen LogP contribution is -2.29. The number of anilines is 1. The predicted octanol–water partition coefficient (Wildman–Crippen LogP) is -1.62. The monoisotopic (exact) mass is 302 g/mol. The van der Waals surface area contributed by atoms with E-state index < -0.39 is 26.2 Å². The van der Waals surface area contributed by atoms with Crippen LogP contribution in [-0.2, 0) is 10.0 Å². The zero-order valence-electron chi connectivity index (χ0n) is 10.1. The molecule has 20 heavy (non-hydrogen) atoms. The highest BCUT2D eigenvalue weighted by Gasteiger charge is 2.20. The van der Waals surface area contributed by atoms with Gasteiger partial charge in [0.25, 0.3) is 15.6 Å². The van der Waals surface area contributed by atoms with Gasteiger partial charge in [-0.2, -0.15) is 4.98 Å². The highest BCUT2D eigenvalue weighted by Crippen LogP contribution is 2.10. The number of rotatable bonds is 5. The van der Waals surface area contributed by atoms with Gasteiger partial charge >= 0.3 is 11.7 Å². The fraction of sp³-hybridized carbons (Fsp3) is 0.250. The molecular formula is C8H10N6O5S. The van der Waals surface area contributed by atoms with Crippen molar-refractivity contribution in [1.82, 2.24) is 25.1 Å². The fourth-order valence-electron chi connectivity index (χ4n) is 1.27. The maximum Gasteiger partial charge on any atom is 0.337 e. The van der Waals surface area contributed by atoms with Crippen LogP contribution in [0.4, 0.5) is 5.95 Å². The molecule has 0 aliphatic rings. The van der Waals surface area contributed by atoms with E-state index in [1.54, 1.807) is 11.9 Å². The van der Waals surface area contributed by atoms with E-state index >= 15 is 0 Å². The lowest BCUT2D eigenvalue weighted by Gasteiger charge is -2.02. The lowest BCUT2D eigenvalue weighted by molar-refractivity contribution is 0.314. The Balaban J connectivity index is 2.30. The molecule has 0 radical (unpaired) electrons. The topological polar surface area (TPSA) is 163 Å². The molecule has 0 aromatic carbocycles. The third-order valence-electron chi connectivity index (χ3n) is 2.04. The van der Waals surface area contributed by atoms with Gasteiger partial charge in [-0.3, -0.25) is 9.78 Å². The smallest absolute Gasteiger partial charge is 0.337 e. The highest BCUT2D eigenvalue weighted by molar-refractivity contribution is 7.92. The van der Waals surface area contributed by atoms with Gasteiger partial charge in [0.15, 0.2) is 4.90 Å². The summed E-state index contributed by atoms with van der Waals surface area (Å²) in [5.41, 5.74) is -1.86. The number of H-pyrrole nitrogens is 3. The molecule has 0 atom stereocenters. The first-order valence-corrected chi connectivity index (χ1v) is 6.80. The van der Waals surface area contributed by atoms with Crippen LogP contribution in [0.2, 0.25) is 0 Å². The van der Waals surface area contributed by atoms with E-state index in [-0.39, 0.29) is 12.0 Å². The minimum Gasteiger partial charge on any atom is -0.463 e. The Bertz CT molecular complexity index is 818. The summed E-state index contributed by atoms with van der Waals surface area (Å²) in [7, 11) is -4.22. The molecule has 0 amide bonds. The van der Waals surface area contributed by atoms with Gasteiger partial charge in [0.05, 0.1) is 6.61 Å². The second-order valence-electron chi connectivity index (χ2n) is 3.44. The summed E-state index contributed by atoms with van der Waals surface area (Å²) in [6.07, 6.45) is 0.781. The largest absolute Gasteiger partial charge is 0.463 e. The van der Waals surface area contributed by atoms with Crippen molar-refractivity contribution in [2.24, 2.45) is 0 Å². The molecule has 0 fully saturated rings. The second kappa shape index (κ2) is 5.16. The van der Waals surface area contributed by atoms with E-state index in [9.17, 15) is 18.0 Å². The predicted molar refractivity (Wildman–Crippen MR) is 66.0 cm³/mol. The van der Waals surface area contributed by atoms with Crippen molar-refractivity contribution in [3.8, 4) is 6.01 Å². The molecule has 12 heteroatoms. The third kappa shape index (κ3) is 2.85. The molecule has 0 saturated carbocycles. The number of aromatic amines is 3. The molecule has 108 valence electrons. The standard InChI is InChI=1S/C8H10N6O5S/c1-2-19-8-11-6(12-13-8)14-20(17,18)4-3-9-7(16)10-5(4)15/h3H,2H2,1H3,(H2,9,10,15,16)(H2,11,12,13,14). The molecular weight excluding hydrogens is 292 g/mol. The van der Waals surface area contributed by atoms with E-state index in [2.05, 4.69) is 20.2 Å². The number of sulfonamides is 1. The average Bonchev–Trinajstić information content (AvgIpc) is 2.75. The summed E-state index contributed by atoms with van der Waals surface area (Å²) >= 11 is 0. The van der Waals surface area contributed by atoms with Gasteiger partial charge in [0.1, 0.15) is 0 Å². The Hall–Kier alpha value is -2.63. The Kier molecular flexibility index (Phi) is 3.56. The van der Waals surface area contributed by atoms with Gasteiger partial charge < -0.3 is 9.72 Å². The van der Waals surface area contributed by atoms with Crippen molar-refractivity contribution < 1.29 is 13.2 Å². The van der Waals surface area contributed by atoms with Crippen molar-refractivity contribution in [3.63, 3.8) is 0 Å². The summed E-state index contributed by atoms with van der Waals surface area (Å²) < 4.78 is 30.8. The number of nitrogens with one attached hydrogen (secondary N) is 4. The molecule has 2 rings (SSSR count). The van der Waals surface area contributed by atoms with Gasteiger partial charge in [-0.05, 0) is 6.92 Å². The van der Waals surface area contributed by atoms with Crippen LogP contribution < -0.4 is 20.7 Å². The molecule has 0 aliphatic carbocycles. The summed E-state index contributed by atoms with van der Waals surface area (Å²) in [6, 6.07) is -0.0411. The number of ether oxygens (including phenoxy) is 1. The van der Waals surface area contributed by atoms with Crippen LogP contribution in [0.5, 0.6) is 6.01 Å². The maximum atomic E-state index is 11.9. The molecule has 0 saturated heterocycles. The number of nitrogens with zero attached hydrogens (tertiary/aromatic N) is 2. The lowest BCUT2D eigenvalue weighted by atomic mass is 10.7. The van der Waals surface area contributed by atoms with Crippen LogP contribution in [0.1, 0.15) is 6.92 Å². The quantitative estimate of drug-likeness (QED) is 0.515. The molecule has 0 unspecified atom stereocenters. The van der Waals surface area contributed by atoms with Crippen molar-refractivity contribution in [2.45, 2.75) is 11.8 Å². The molecule has 4 N–H and O–H groups in total. The van der Waals surface area contributed by atoms with Gasteiger partial charge in [0.2, 0.25) is 5.95 Å². The molecule has 2 aromatic heterocycles. The number of hydrogen-bond acceptors (Lipinski definition) is 7. The first kappa shape index (κ1) is 13.8. The van der Waals surface area contributed by atoms with E-state index in [1.165, 1.54) is 0 Å². The molecule has 2 heterocycles. The normalized spacial score (nSPS) is 11.2. The van der Waals surface area contributed by atoms with Gasteiger partial charge in [-0.25, -0.2) is 23.0 Å². The van der Waals surface area contributed by atoms with Crippen LogP contribution in [0.3, 0.4) is 0 Å². The zero-order valence-corrected chi connectivity index (χ0v) is 10.9. The summed E-state index contributed by atoms with van der Waals surface area (Å²) in [5.74, 6) is -0.223. The average molecular weight is 302 g/mol. The van der Waals surface area contributed by atoms with Gasteiger partial charge in [-0.1, -0.05) is 0 Å². The first-order chi connectivity index (χ1) is 9.42. The zero-order chi connectivity index (χ0) is 14.8. The minimum absolute atomic E-state index is 0.0411. The first-order valence-electron chi connectivity index (χ1n) is 5.32. The molecule has 0 bridgehead atoms. The molecule has 2 aromatic rings.